The molecule has 24 heavy (non-hydrogen) atoms. The summed E-state index contributed by atoms with van der Waals surface area (Å²) in [5, 5.41) is 0. The number of carbonyl (C=O) groups is 1. The third-order valence-corrected chi connectivity index (χ3v) is 6.03. The van der Waals surface area contributed by atoms with Gasteiger partial charge in [0.2, 0.25) is 6.10 Å². The van der Waals surface area contributed by atoms with E-state index >= 15 is 0 Å². The maximum Gasteiger partial charge on any atom is 0.279 e. The molecule has 1 aromatic carbocycles. The van der Waals surface area contributed by atoms with Crippen LogP contribution in [0.5, 0.6) is 11.5 Å². The molecule has 128 valence electrons. The van der Waals surface area contributed by atoms with Crippen molar-refractivity contribution in [2.24, 2.45) is 0 Å². The Morgan fingerprint density at radius 2 is 1.96 bits per heavy atom. The number of hydrazine groups is 1. The van der Waals surface area contributed by atoms with E-state index in [2.05, 4.69) is 5.43 Å². The zero-order chi connectivity index (χ0) is 17.3. The van der Waals surface area contributed by atoms with E-state index in [-0.39, 0.29) is 20.2 Å². The van der Waals surface area contributed by atoms with E-state index in [0.29, 0.717) is 11.5 Å². The molecule has 0 radical (unpaired) electrons. The zero-order valence-corrected chi connectivity index (χ0v) is 14.9. The van der Waals surface area contributed by atoms with Gasteiger partial charge in [-0.25, -0.2) is 8.42 Å². The first kappa shape index (κ1) is 17.3. The van der Waals surface area contributed by atoms with Gasteiger partial charge in [0.1, 0.15) is 15.8 Å². The molecule has 11 heteroatoms. The van der Waals surface area contributed by atoms with E-state index in [4.69, 9.17) is 32.7 Å². The van der Waals surface area contributed by atoms with E-state index in [1.54, 1.807) is 24.3 Å². The summed E-state index contributed by atoms with van der Waals surface area (Å²) in [7, 11) is -4.05. The number of thiophene rings is 1. The maximum atomic E-state index is 12.1. The van der Waals surface area contributed by atoms with Crippen LogP contribution >= 0.6 is 34.5 Å². The van der Waals surface area contributed by atoms with E-state index in [0.717, 1.165) is 11.3 Å². The van der Waals surface area contributed by atoms with Gasteiger partial charge >= 0.3 is 0 Å². The number of hydrogen-bond donors (Lipinski definition) is 2. The van der Waals surface area contributed by atoms with Crippen molar-refractivity contribution in [1.29, 1.82) is 0 Å². The van der Waals surface area contributed by atoms with Crippen LogP contribution in [-0.4, -0.2) is 27.0 Å². The van der Waals surface area contributed by atoms with Crippen molar-refractivity contribution in [3.05, 3.63) is 39.0 Å². The molecule has 2 aromatic rings. The fraction of sp³-hybridized carbons (Fsp3) is 0.154. The average Bonchev–Trinajstić information content (AvgIpc) is 2.91. The number of fused-ring (bicyclic) bond motifs is 1. The minimum Gasteiger partial charge on any atom is -0.485 e. The van der Waals surface area contributed by atoms with Crippen molar-refractivity contribution in [3.8, 4) is 11.5 Å². The Balaban J connectivity index is 1.65. The van der Waals surface area contributed by atoms with Gasteiger partial charge in [-0.1, -0.05) is 35.3 Å². The van der Waals surface area contributed by atoms with Crippen molar-refractivity contribution < 1.29 is 22.7 Å². The van der Waals surface area contributed by atoms with Gasteiger partial charge in [-0.3, -0.25) is 10.2 Å². The van der Waals surface area contributed by atoms with Crippen LogP contribution in [0.15, 0.2) is 35.2 Å². The molecule has 7 nitrogen and oxygen atoms in total. The Hall–Kier alpha value is -1.52. The number of carbonyl (C=O) groups excluding carboxylic acids is 1. The molecule has 3 rings (SSSR count). The Bertz CT molecular complexity index is 884. The number of benzene rings is 1. The smallest absolute Gasteiger partial charge is 0.279 e. The van der Waals surface area contributed by atoms with Crippen molar-refractivity contribution >= 4 is 50.5 Å². The molecule has 0 bridgehead atoms. The summed E-state index contributed by atoms with van der Waals surface area (Å²) in [5.74, 6) is 0.215. The van der Waals surface area contributed by atoms with Gasteiger partial charge in [-0.15, -0.1) is 16.2 Å². The quantitative estimate of drug-likeness (QED) is 0.756. The fourth-order valence-corrected chi connectivity index (χ4v) is 4.91. The molecule has 1 aliphatic heterocycles. The summed E-state index contributed by atoms with van der Waals surface area (Å²) in [6, 6.07) is 8.04. The lowest BCUT2D eigenvalue weighted by atomic mass is 10.2. The van der Waals surface area contributed by atoms with Crippen molar-refractivity contribution in [2.45, 2.75) is 11.0 Å². The SMILES string of the molecule is O=C(NNS(=O)(=O)c1cc(Cl)sc1Cl)[C@H]1COc2ccccc2O1. The van der Waals surface area contributed by atoms with Gasteiger partial charge in [-0.05, 0) is 18.2 Å². The molecular formula is C13H10Cl2N2O5S2. The Kier molecular flexibility index (Phi) is 4.88. The number of para-hydroxylation sites is 2. The highest BCUT2D eigenvalue weighted by Crippen LogP contribution is 2.34. The Morgan fingerprint density at radius 1 is 1.25 bits per heavy atom. The number of ether oxygens (including phenoxy) is 2. The molecule has 0 aliphatic carbocycles. The number of amides is 1. The van der Waals surface area contributed by atoms with Crippen LogP contribution < -0.4 is 19.7 Å². The highest BCUT2D eigenvalue weighted by atomic mass is 35.5. The summed E-state index contributed by atoms with van der Waals surface area (Å²) < 4.78 is 35.3. The van der Waals surface area contributed by atoms with Gasteiger partial charge in [0.05, 0.1) is 4.34 Å². The molecule has 0 saturated heterocycles. The molecular weight excluding hydrogens is 399 g/mol. The lowest BCUT2D eigenvalue weighted by Gasteiger charge is -2.25. The van der Waals surface area contributed by atoms with Crippen molar-refractivity contribution in [3.63, 3.8) is 0 Å². The van der Waals surface area contributed by atoms with Gasteiger partial charge < -0.3 is 9.47 Å². The predicted molar refractivity (Wildman–Crippen MR) is 89.2 cm³/mol. The molecule has 0 spiro atoms. The largest absolute Gasteiger partial charge is 0.485 e. The van der Waals surface area contributed by atoms with E-state index in [1.165, 1.54) is 6.07 Å². The molecule has 0 fully saturated rings. The minimum absolute atomic E-state index is 0.00655. The van der Waals surface area contributed by atoms with Gasteiger partial charge in [0.25, 0.3) is 15.9 Å². The first-order valence-corrected chi connectivity index (χ1v) is 9.57. The van der Waals surface area contributed by atoms with Crippen LogP contribution in [0.3, 0.4) is 0 Å². The number of rotatable bonds is 4. The summed E-state index contributed by atoms with van der Waals surface area (Å²) in [6.45, 7) is -0.0460. The van der Waals surface area contributed by atoms with Crippen LogP contribution in [0, 0.1) is 0 Å². The molecule has 0 saturated carbocycles. The monoisotopic (exact) mass is 408 g/mol. The van der Waals surface area contributed by atoms with Crippen LogP contribution in [-0.2, 0) is 14.8 Å². The Morgan fingerprint density at radius 3 is 2.62 bits per heavy atom. The summed E-state index contributed by atoms with van der Waals surface area (Å²) >= 11 is 12.4. The average molecular weight is 409 g/mol. The van der Waals surface area contributed by atoms with E-state index in [9.17, 15) is 13.2 Å². The fourth-order valence-electron chi connectivity index (χ4n) is 1.91. The number of halogens is 2. The summed E-state index contributed by atoms with van der Waals surface area (Å²) in [5.41, 5.74) is 2.08. The second-order valence-corrected chi connectivity index (χ2v) is 8.58. The molecule has 1 amide bonds. The summed E-state index contributed by atoms with van der Waals surface area (Å²) in [4.78, 5) is 13.8. The van der Waals surface area contributed by atoms with Crippen molar-refractivity contribution in [1.82, 2.24) is 10.3 Å². The zero-order valence-electron chi connectivity index (χ0n) is 11.8. The third kappa shape index (κ3) is 3.60. The number of sulfonamides is 1. The van der Waals surface area contributed by atoms with Crippen LogP contribution in [0.25, 0.3) is 0 Å². The van der Waals surface area contributed by atoms with E-state index < -0.39 is 22.0 Å². The number of hydrogen-bond acceptors (Lipinski definition) is 6. The maximum absolute atomic E-state index is 12.1. The van der Waals surface area contributed by atoms with Gasteiger partial charge in [-0.2, -0.15) is 0 Å². The first-order chi connectivity index (χ1) is 11.4. The van der Waals surface area contributed by atoms with Crippen LogP contribution in [0.2, 0.25) is 8.67 Å². The van der Waals surface area contributed by atoms with Crippen LogP contribution in [0.1, 0.15) is 0 Å². The normalized spacial score (nSPS) is 16.7. The minimum atomic E-state index is -4.05. The van der Waals surface area contributed by atoms with Crippen LogP contribution in [0.4, 0.5) is 0 Å². The van der Waals surface area contributed by atoms with E-state index in [1.807, 2.05) is 4.83 Å². The molecule has 2 heterocycles. The molecule has 1 aliphatic rings. The first-order valence-electron chi connectivity index (χ1n) is 6.52. The standard InChI is InChI=1S/C13H10Cl2N2O5S2/c14-11-5-10(12(15)23-11)24(19,20)17-16-13(18)9-6-21-7-3-1-2-4-8(7)22-9/h1-5,9,17H,6H2,(H,16,18)/t9-/m1/s1. The molecule has 1 atom stereocenters. The number of nitrogens with one attached hydrogen (secondary N) is 2. The second kappa shape index (κ2) is 6.77. The lowest BCUT2D eigenvalue weighted by molar-refractivity contribution is -0.130. The summed E-state index contributed by atoms with van der Waals surface area (Å²) in [6.07, 6.45) is -0.996. The predicted octanol–water partition coefficient (Wildman–Crippen LogP) is 2.20. The van der Waals surface area contributed by atoms with Crippen molar-refractivity contribution in [2.75, 3.05) is 6.61 Å². The van der Waals surface area contributed by atoms with Gasteiger partial charge in [0, 0.05) is 0 Å². The highest BCUT2D eigenvalue weighted by Gasteiger charge is 2.29. The Labute approximate surface area is 151 Å². The second-order valence-electron chi connectivity index (χ2n) is 4.65. The van der Waals surface area contributed by atoms with Gasteiger partial charge in [0.15, 0.2) is 11.5 Å². The highest BCUT2D eigenvalue weighted by molar-refractivity contribution is 7.89. The topological polar surface area (TPSA) is 93.7 Å². The molecule has 2 N–H and O–H groups in total. The molecule has 0 unspecified atom stereocenters. The molecule has 1 aromatic heterocycles. The lowest BCUT2D eigenvalue weighted by Crippen LogP contribution is -2.50. The third-order valence-electron chi connectivity index (χ3n) is 3.02.